The van der Waals surface area contributed by atoms with Gasteiger partial charge in [0, 0.05) is 31.8 Å². The van der Waals surface area contributed by atoms with Crippen molar-refractivity contribution in [1.82, 2.24) is 10.2 Å². The Bertz CT molecular complexity index is 437. The molecular formula is C15H24N3O3+. The van der Waals surface area contributed by atoms with Crippen molar-refractivity contribution in [3.8, 4) is 0 Å². The number of hydrogen-bond acceptors (Lipinski definition) is 3. The highest BCUT2D eigenvalue weighted by atomic mass is 16.2. The van der Waals surface area contributed by atoms with Crippen molar-refractivity contribution in [3.05, 3.63) is 0 Å². The number of piperidine rings is 2. The molecule has 3 heterocycles. The van der Waals surface area contributed by atoms with Crippen LogP contribution in [-0.2, 0) is 14.4 Å². The summed E-state index contributed by atoms with van der Waals surface area (Å²) < 4.78 is 0. The predicted molar refractivity (Wildman–Crippen MR) is 75.4 cm³/mol. The van der Waals surface area contributed by atoms with Crippen LogP contribution in [-0.4, -0.2) is 54.8 Å². The van der Waals surface area contributed by atoms with Gasteiger partial charge in [0.25, 0.3) is 5.91 Å². The molecule has 6 nitrogen and oxygen atoms in total. The number of quaternary nitrogens is 1. The van der Waals surface area contributed by atoms with Gasteiger partial charge in [0.15, 0.2) is 6.04 Å². The smallest absolute Gasteiger partial charge is 0.285 e. The summed E-state index contributed by atoms with van der Waals surface area (Å²) >= 11 is 0. The van der Waals surface area contributed by atoms with Crippen LogP contribution in [0, 0.1) is 5.92 Å². The minimum absolute atomic E-state index is 0.118. The Morgan fingerprint density at radius 3 is 2.33 bits per heavy atom. The van der Waals surface area contributed by atoms with Crippen LogP contribution in [0.5, 0.6) is 0 Å². The summed E-state index contributed by atoms with van der Waals surface area (Å²) in [7, 11) is 0. The molecule has 3 amide bonds. The van der Waals surface area contributed by atoms with Gasteiger partial charge in [-0.1, -0.05) is 0 Å². The molecule has 0 aromatic heterocycles. The summed E-state index contributed by atoms with van der Waals surface area (Å²) in [6, 6.07) is -0.233. The minimum atomic E-state index is -0.233. The molecule has 0 aromatic rings. The molecule has 0 bridgehead atoms. The molecule has 116 valence electrons. The Hall–Kier alpha value is -1.43. The third kappa shape index (κ3) is 3.10. The molecule has 3 aliphatic rings. The Morgan fingerprint density at radius 1 is 1.10 bits per heavy atom. The van der Waals surface area contributed by atoms with Crippen LogP contribution in [0.25, 0.3) is 0 Å². The zero-order valence-corrected chi connectivity index (χ0v) is 12.4. The molecule has 3 rings (SSSR count). The lowest BCUT2D eigenvalue weighted by Crippen LogP contribution is -3.17. The normalized spacial score (nSPS) is 33.9. The Labute approximate surface area is 124 Å². The summed E-state index contributed by atoms with van der Waals surface area (Å²) in [5.41, 5.74) is 0. The van der Waals surface area contributed by atoms with Gasteiger partial charge < -0.3 is 9.80 Å². The highest BCUT2D eigenvalue weighted by molar-refractivity contribution is 6.04. The SMILES string of the molecule is O=C1C[C@@H]([NH+]2CCC(C(=O)N3CCCCC3)CC2)C(=O)N1. The molecule has 2 N–H and O–H groups in total. The average molecular weight is 294 g/mol. The fraction of sp³-hybridized carbons (Fsp3) is 0.800. The van der Waals surface area contributed by atoms with Crippen LogP contribution < -0.4 is 10.2 Å². The first-order valence-electron chi connectivity index (χ1n) is 8.12. The van der Waals surface area contributed by atoms with Crippen molar-refractivity contribution < 1.29 is 19.3 Å². The van der Waals surface area contributed by atoms with Crippen LogP contribution in [0.3, 0.4) is 0 Å². The van der Waals surface area contributed by atoms with Gasteiger partial charge in [-0.3, -0.25) is 19.7 Å². The Morgan fingerprint density at radius 2 is 1.76 bits per heavy atom. The van der Waals surface area contributed by atoms with Gasteiger partial charge >= 0.3 is 0 Å². The highest BCUT2D eigenvalue weighted by Gasteiger charge is 2.41. The number of nitrogens with zero attached hydrogens (tertiary/aromatic N) is 1. The molecule has 6 heteroatoms. The summed E-state index contributed by atoms with van der Waals surface area (Å²) in [5.74, 6) is 0.118. The number of carbonyl (C=O) groups excluding carboxylic acids is 3. The fourth-order valence-corrected chi connectivity index (χ4v) is 3.84. The van der Waals surface area contributed by atoms with E-state index in [-0.39, 0.29) is 23.8 Å². The number of imide groups is 1. The van der Waals surface area contributed by atoms with E-state index in [9.17, 15) is 14.4 Å². The van der Waals surface area contributed by atoms with Crippen molar-refractivity contribution in [2.75, 3.05) is 26.2 Å². The number of amides is 3. The molecule has 0 aliphatic carbocycles. The lowest BCUT2D eigenvalue weighted by molar-refractivity contribution is -0.920. The van der Waals surface area contributed by atoms with Gasteiger partial charge in [-0.05, 0) is 19.3 Å². The molecule has 21 heavy (non-hydrogen) atoms. The molecule has 3 saturated heterocycles. The van der Waals surface area contributed by atoms with Crippen molar-refractivity contribution >= 4 is 17.7 Å². The fourth-order valence-electron chi connectivity index (χ4n) is 3.84. The number of rotatable bonds is 2. The standard InChI is InChI=1S/C15H23N3O3/c19-13-10-12(14(20)16-13)17-8-4-11(5-9-17)15(21)18-6-2-1-3-7-18/h11-12H,1-10H2,(H,16,19,20)/p+1/t12-/m1/s1. The van der Waals surface area contributed by atoms with Crippen molar-refractivity contribution in [2.24, 2.45) is 5.92 Å². The molecule has 0 saturated carbocycles. The zero-order chi connectivity index (χ0) is 14.8. The van der Waals surface area contributed by atoms with Gasteiger partial charge in [-0.2, -0.15) is 0 Å². The molecule has 0 aromatic carbocycles. The van der Waals surface area contributed by atoms with Crippen LogP contribution in [0.15, 0.2) is 0 Å². The van der Waals surface area contributed by atoms with Crippen LogP contribution in [0.4, 0.5) is 0 Å². The van der Waals surface area contributed by atoms with E-state index in [0.717, 1.165) is 51.9 Å². The Balaban J connectivity index is 1.51. The lowest BCUT2D eigenvalue weighted by Gasteiger charge is -2.35. The van der Waals surface area contributed by atoms with Crippen molar-refractivity contribution in [1.29, 1.82) is 0 Å². The first-order valence-corrected chi connectivity index (χ1v) is 8.12. The van der Waals surface area contributed by atoms with Crippen molar-refractivity contribution in [2.45, 2.75) is 44.6 Å². The number of nitrogens with one attached hydrogen (secondary N) is 2. The maximum absolute atomic E-state index is 12.5. The number of likely N-dealkylation sites (tertiary alicyclic amines) is 2. The van der Waals surface area contributed by atoms with E-state index >= 15 is 0 Å². The third-order valence-corrected chi connectivity index (χ3v) is 5.11. The first-order chi connectivity index (χ1) is 10.1. The molecule has 3 aliphatic heterocycles. The second kappa shape index (κ2) is 6.13. The second-order valence-corrected chi connectivity index (χ2v) is 6.49. The largest absolute Gasteiger partial charge is 0.342 e. The third-order valence-electron chi connectivity index (χ3n) is 5.11. The van der Waals surface area contributed by atoms with Gasteiger partial charge in [-0.15, -0.1) is 0 Å². The van der Waals surface area contributed by atoms with E-state index in [1.54, 1.807) is 0 Å². The van der Waals surface area contributed by atoms with Gasteiger partial charge in [-0.25, -0.2) is 0 Å². The summed E-state index contributed by atoms with van der Waals surface area (Å²) in [4.78, 5) is 38.7. The topological polar surface area (TPSA) is 70.9 Å². The average Bonchev–Trinajstić information content (AvgIpc) is 2.86. The summed E-state index contributed by atoms with van der Waals surface area (Å²) in [6.45, 7) is 3.45. The molecular weight excluding hydrogens is 270 g/mol. The molecule has 0 spiro atoms. The molecule has 3 fully saturated rings. The van der Waals surface area contributed by atoms with E-state index < -0.39 is 0 Å². The highest BCUT2D eigenvalue weighted by Crippen LogP contribution is 2.18. The summed E-state index contributed by atoms with van der Waals surface area (Å²) in [5, 5.41) is 2.38. The summed E-state index contributed by atoms with van der Waals surface area (Å²) in [6.07, 6.45) is 5.46. The quantitative estimate of drug-likeness (QED) is 0.623. The number of carbonyl (C=O) groups is 3. The zero-order valence-electron chi connectivity index (χ0n) is 12.4. The predicted octanol–water partition coefficient (Wildman–Crippen LogP) is -1.29. The monoisotopic (exact) mass is 294 g/mol. The van der Waals surface area contributed by atoms with E-state index in [4.69, 9.17) is 0 Å². The lowest BCUT2D eigenvalue weighted by atomic mass is 9.93. The van der Waals surface area contributed by atoms with Crippen LogP contribution in [0.2, 0.25) is 0 Å². The second-order valence-electron chi connectivity index (χ2n) is 6.49. The first kappa shape index (κ1) is 14.5. The molecule has 1 atom stereocenters. The number of hydrogen-bond donors (Lipinski definition) is 2. The van der Waals surface area contributed by atoms with E-state index in [0.29, 0.717) is 12.3 Å². The van der Waals surface area contributed by atoms with Gasteiger partial charge in [0.2, 0.25) is 11.8 Å². The van der Waals surface area contributed by atoms with E-state index in [1.807, 2.05) is 4.90 Å². The van der Waals surface area contributed by atoms with Gasteiger partial charge in [0.05, 0.1) is 19.5 Å². The van der Waals surface area contributed by atoms with E-state index in [1.165, 1.54) is 11.3 Å². The van der Waals surface area contributed by atoms with Crippen molar-refractivity contribution in [3.63, 3.8) is 0 Å². The van der Waals surface area contributed by atoms with Gasteiger partial charge in [0.1, 0.15) is 0 Å². The maximum Gasteiger partial charge on any atom is 0.285 e. The Kier molecular flexibility index (Phi) is 4.24. The molecule has 0 unspecified atom stereocenters. The maximum atomic E-state index is 12.5. The minimum Gasteiger partial charge on any atom is -0.342 e. The molecule has 0 radical (unpaired) electrons. The van der Waals surface area contributed by atoms with E-state index in [2.05, 4.69) is 5.32 Å². The van der Waals surface area contributed by atoms with Crippen LogP contribution >= 0.6 is 0 Å². The van der Waals surface area contributed by atoms with Crippen LogP contribution in [0.1, 0.15) is 38.5 Å².